The summed E-state index contributed by atoms with van der Waals surface area (Å²) >= 11 is 0. The van der Waals surface area contributed by atoms with Crippen LogP contribution in [0.15, 0.2) is 35.2 Å². The second kappa shape index (κ2) is 5.73. The molecule has 0 N–H and O–H groups in total. The molecular formula is C15H20N4O2. The van der Waals surface area contributed by atoms with E-state index in [2.05, 4.69) is 10.00 Å². The number of carbonyl (C=O) groups is 1. The number of furan rings is 1. The first kappa shape index (κ1) is 13.9. The molecule has 2 aromatic rings. The van der Waals surface area contributed by atoms with E-state index >= 15 is 0 Å². The van der Waals surface area contributed by atoms with Gasteiger partial charge in [-0.25, -0.2) is 0 Å². The van der Waals surface area contributed by atoms with E-state index in [4.69, 9.17) is 4.42 Å². The van der Waals surface area contributed by atoms with Gasteiger partial charge in [0, 0.05) is 26.3 Å². The van der Waals surface area contributed by atoms with E-state index in [1.807, 2.05) is 36.1 Å². The maximum absolute atomic E-state index is 12.1. The van der Waals surface area contributed by atoms with Crippen LogP contribution in [0.5, 0.6) is 0 Å². The van der Waals surface area contributed by atoms with Crippen molar-refractivity contribution in [2.24, 2.45) is 0 Å². The molecule has 112 valence electrons. The molecule has 1 amide bonds. The minimum atomic E-state index is 0.112. The van der Waals surface area contributed by atoms with Crippen LogP contribution in [0, 0.1) is 6.92 Å². The zero-order valence-corrected chi connectivity index (χ0v) is 12.4. The van der Waals surface area contributed by atoms with Crippen LogP contribution >= 0.6 is 0 Å². The highest BCUT2D eigenvalue weighted by Gasteiger charge is 2.30. The molecule has 1 aliphatic heterocycles. The second-order valence-electron chi connectivity index (χ2n) is 5.67. The van der Waals surface area contributed by atoms with Crippen molar-refractivity contribution in [2.45, 2.75) is 19.5 Å². The van der Waals surface area contributed by atoms with Gasteiger partial charge in [0.1, 0.15) is 5.76 Å². The van der Waals surface area contributed by atoms with E-state index in [0.717, 1.165) is 18.8 Å². The smallest absolute Gasteiger partial charge is 0.236 e. The number of aromatic nitrogens is 2. The van der Waals surface area contributed by atoms with Gasteiger partial charge in [0.15, 0.2) is 0 Å². The molecular weight excluding hydrogens is 268 g/mol. The molecule has 3 heterocycles. The summed E-state index contributed by atoms with van der Waals surface area (Å²) < 4.78 is 7.25. The Kier molecular flexibility index (Phi) is 3.79. The molecule has 2 aromatic heterocycles. The molecule has 6 nitrogen and oxygen atoms in total. The van der Waals surface area contributed by atoms with Crippen LogP contribution in [0.4, 0.5) is 0 Å². The summed E-state index contributed by atoms with van der Waals surface area (Å²) in [4.78, 5) is 16.0. The van der Waals surface area contributed by atoms with Gasteiger partial charge in [0.25, 0.3) is 0 Å². The van der Waals surface area contributed by atoms with Crippen molar-refractivity contribution in [3.05, 3.63) is 42.1 Å². The number of carbonyl (C=O) groups excluding carboxylic acids is 1. The molecule has 6 heteroatoms. The molecule has 0 spiro atoms. The summed E-state index contributed by atoms with van der Waals surface area (Å²) in [5.41, 5.74) is 1.17. The maximum Gasteiger partial charge on any atom is 0.236 e. The quantitative estimate of drug-likeness (QED) is 0.832. The minimum Gasteiger partial charge on any atom is -0.467 e. The molecule has 0 aliphatic carbocycles. The van der Waals surface area contributed by atoms with Gasteiger partial charge in [0.05, 0.1) is 31.6 Å². The molecule has 0 bridgehead atoms. The highest BCUT2D eigenvalue weighted by Crippen LogP contribution is 2.20. The van der Waals surface area contributed by atoms with Crippen LogP contribution in [-0.4, -0.2) is 52.2 Å². The molecule has 0 saturated carbocycles. The lowest BCUT2D eigenvalue weighted by molar-refractivity contribution is -0.133. The van der Waals surface area contributed by atoms with Gasteiger partial charge in [-0.2, -0.15) is 5.10 Å². The van der Waals surface area contributed by atoms with Crippen LogP contribution in [0.25, 0.3) is 0 Å². The summed E-state index contributed by atoms with van der Waals surface area (Å²) in [7, 11) is 1.80. The van der Waals surface area contributed by atoms with Crippen molar-refractivity contribution in [2.75, 3.05) is 26.7 Å². The average Bonchev–Trinajstić information content (AvgIpc) is 3.04. The van der Waals surface area contributed by atoms with Crippen LogP contribution < -0.4 is 0 Å². The summed E-state index contributed by atoms with van der Waals surface area (Å²) in [5.74, 6) is 0.917. The predicted octanol–water partition coefficient (Wildman–Crippen LogP) is 1.30. The minimum absolute atomic E-state index is 0.112. The normalized spacial score (nSPS) is 15.9. The highest BCUT2D eigenvalue weighted by molar-refractivity contribution is 5.78. The Morgan fingerprint density at radius 2 is 2.33 bits per heavy atom. The first-order valence-electron chi connectivity index (χ1n) is 7.11. The van der Waals surface area contributed by atoms with Crippen molar-refractivity contribution in [1.29, 1.82) is 0 Å². The van der Waals surface area contributed by atoms with Gasteiger partial charge in [-0.3, -0.25) is 14.4 Å². The summed E-state index contributed by atoms with van der Waals surface area (Å²) in [6, 6.07) is 4.10. The number of rotatable bonds is 5. The number of hydrogen-bond acceptors (Lipinski definition) is 4. The Hall–Kier alpha value is -2.08. The molecule has 0 unspecified atom stereocenters. The van der Waals surface area contributed by atoms with E-state index in [1.54, 1.807) is 18.2 Å². The van der Waals surface area contributed by atoms with Gasteiger partial charge in [-0.1, -0.05) is 0 Å². The number of nitrogens with zero attached hydrogens (tertiary/aromatic N) is 4. The third-order valence-corrected chi connectivity index (χ3v) is 3.80. The molecule has 0 aromatic carbocycles. The van der Waals surface area contributed by atoms with Crippen LogP contribution in [-0.2, 0) is 11.3 Å². The van der Waals surface area contributed by atoms with Crippen molar-refractivity contribution in [3.63, 3.8) is 0 Å². The molecule has 0 radical (unpaired) electrons. The van der Waals surface area contributed by atoms with Crippen molar-refractivity contribution < 1.29 is 9.21 Å². The molecule has 1 aliphatic rings. The van der Waals surface area contributed by atoms with Gasteiger partial charge in [-0.15, -0.1) is 0 Å². The molecule has 3 rings (SSSR count). The number of aryl methyl sites for hydroxylation is 1. The van der Waals surface area contributed by atoms with E-state index in [1.165, 1.54) is 5.56 Å². The van der Waals surface area contributed by atoms with E-state index in [-0.39, 0.29) is 5.91 Å². The first-order chi connectivity index (χ1) is 10.1. The zero-order chi connectivity index (χ0) is 14.8. The molecule has 1 saturated heterocycles. The number of likely N-dealkylation sites (tertiary alicyclic amines) is 1. The summed E-state index contributed by atoms with van der Waals surface area (Å²) in [5, 5.41) is 4.32. The molecule has 1 fully saturated rings. The van der Waals surface area contributed by atoms with Gasteiger partial charge in [0.2, 0.25) is 5.91 Å². The third-order valence-electron chi connectivity index (χ3n) is 3.80. The third kappa shape index (κ3) is 3.16. The fourth-order valence-electron chi connectivity index (χ4n) is 2.51. The van der Waals surface area contributed by atoms with E-state index in [0.29, 0.717) is 19.1 Å². The number of hydrogen-bond donors (Lipinski definition) is 0. The van der Waals surface area contributed by atoms with Crippen LogP contribution in [0.1, 0.15) is 17.4 Å². The Morgan fingerprint density at radius 1 is 1.52 bits per heavy atom. The Morgan fingerprint density at radius 3 is 2.95 bits per heavy atom. The zero-order valence-electron chi connectivity index (χ0n) is 12.4. The number of likely N-dealkylation sites (N-methyl/N-ethyl adjacent to an activating group) is 1. The first-order valence-corrected chi connectivity index (χ1v) is 7.11. The van der Waals surface area contributed by atoms with Crippen molar-refractivity contribution in [3.8, 4) is 0 Å². The fourth-order valence-corrected chi connectivity index (χ4v) is 2.51. The monoisotopic (exact) mass is 288 g/mol. The molecule has 0 atom stereocenters. The maximum atomic E-state index is 12.1. The lowest BCUT2D eigenvalue weighted by atomic mass is 10.1. The van der Waals surface area contributed by atoms with Crippen LogP contribution in [0.3, 0.4) is 0 Å². The Bertz CT molecular complexity index is 599. The van der Waals surface area contributed by atoms with Gasteiger partial charge >= 0.3 is 0 Å². The van der Waals surface area contributed by atoms with Gasteiger partial charge in [-0.05, 0) is 24.6 Å². The predicted molar refractivity (Wildman–Crippen MR) is 77.6 cm³/mol. The highest BCUT2D eigenvalue weighted by atomic mass is 16.3. The van der Waals surface area contributed by atoms with Crippen molar-refractivity contribution >= 4 is 5.91 Å². The molecule has 21 heavy (non-hydrogen) atoms. The Balaban J connectivity index is 1.44. The average molecular weight is 288 g/mol. The topological polar surface area (TPSA) is 54.5 Å². The van der Waals surface area contributed by atoms with E-state index in [9.17, 15) is 4.79 Å². The van der Waals surface area contributed by atoms with Crippen LogP contribution in [0.2, 0.25) is 0 Å². The van der Waals surface area contributed by atoms with E-state index < -0.39 is 0 Å². The lowest BCUT2D eigenvalue weighted by Gasteiger charge is -2.39. The standard InChI is InChI=1S/C15H20N4O2/c1-12-6-16-19(7-12)13-8-18(9-13)11-15(20)17(2)10-14-4-3-5-21-14/h3-7,13H,8-11H2,1-2H3. The number of amides is 1. The lowest BCUT2D eigenvalue weighted by Crippen LogP contribution is -2.51. The SMILES string of the molecule is Cc1cnn(C2CN(CC(=O)N(C)Cc3ccco3)C2)c1. The second-order valence-corrected chi connectivity index (χ2v) is 5.67. The fraction of sp³-hybridized carbons (Fsp3) is 0.467. The Labute approximate surface area is 123 Å². The van der Waals surface area contributed by atoms with Gasteiger partial charge < -0.3 is 9.32 Å². The van der Waals surface area contributed by atoms with Crippen molar-refractivity contribution in [1.82, 2.24) is 19.6 Å². The largest absolute Gasteiger partial charge is 0.467 e. The summed E-state index contributed by atoms with van der Waals surface area (Å²) in [6.45, 7) is 4.76. The summed E-state index contributed by atoms with van der Waals surface area (Å²) in [6.07, 6.45) is 5.54.